The van der Waals surface area contributed by atoms with Crippen LogP contribution in [0.1, 0.15) is 21.5 Å². The molecule has 132 valence electrons. The number of carbonyl (C=O) groups is 1. The highest BCUT2D eigenvalue weighted by Gasteiger charge is 2.48. The molecule has 25 heavy (non-hydrogen) atoms. The molecule has 0 bridgehead atoms. The van der Waals surface area contributed by atoms with Crippen LogP contribution in [0.2, 0.25) is 0 Å². The summed E-state index contributed by atoms with van der Waals surface area (Å²) in [7, 11) is -3.78. The average Bonchev–Trinajstić information content (AvgIpc) is 2.68. The number of carbonyl (C=O) groups excluding carboxylic acids is 1. The predicted octanol–water partition coefficient (Wildman–Crippen LogP) is 3.97. The summed E-state index contributed by atoms with van der Waals surface area (Å²) in [5, 5.41) is -2.74. The maximum absolute atomic E-state index is 14.3. The lowest BCUT2D eigenvalue weighted by Gasteiger charge is -2.12. The summed E-state index contributed by atoms with van der Waals surface area (Å²) >= 11 is 5.60. The quantitative estimate of drug-likeness (QED) is 0.749. The lowest BCUT2D eigenvalue weighted by molar-refractivity contribution is 0.0852. The van der Waals surface area contributed by atoms with Crippen LogP contribution < -0.4 is 4.74 Å². The summed E-state index contributed by atoms with van der Waals surface area (Å²) in [5.41, 5.74) is 0.339. The van der Waals surface area contributed by atoms with E-state index in [1.54, 1.807) is 13.0 Å². The van der Waals surface area contributed by atoms with E-state index in [0.29, 0.717) is 5.56 Å². The summed E-state index contributed by atoms with van der Waals surface area (Å²) in [6.45, 7) is 1.67. The highest BCUT2D eigenvalue weighted by molar-refractivity contribution is 7.90. The molecule has 0 spiro atoms. The van der Waals surface area contributed by atoms with E-state index in [9.17, 15) is 22.0 Å². The summed E-state index contributed by atoms with van der Waals surface area (Å²) < 4.78 is 57.2. The fourth-order valence-electron chi connectivity index (χ4n) is 2.81. The van der Waals surface area contributed by atoms with E-state index in [0.717, 1.165) is 18.4 Å². The zero-order chi connectivity index (χ0) is 18.6. The van der Waals surface area contributed by atoms with E-state index in [-0.39, 0.29) is 27.5 Å². The Morgan fingerprint density at radius 3 is 2.52 bits per heavy atom. The van der Waals surface area contributed by atoms with Crippen molar-refractivity contribution < 1.29 is 26.7 Å². The zero-order valence-electron chi connectivity index (χ0n) is 13.3. The average molecular weight is 387 g/mol. The number of aryl methyl sites for hydroxylation is 1. The summed E-state index contributed by atoms with van der Waals surface area (Å²) in [4.78, 5) is 11.9. The third kappa shape index (κ3) is 3.26. The zero-order valence-corrected chi connectivity index (χ0v) is 14.8. The Hall–Kier alpha value is -1.99. The van der Waals surface area contributed by atoms with Crippen molar-refractivity contribution in [1.82, 2.24) is 0 Å². The van der Waals surface area contributed by atoms with Gasteiger partial charge in [-0.2, -0.15) is 0 Å². The minimum Gasteiger partial charge on any atom is -0.457 e. The van der Waals surface area contributed by atoms with Crippen LogP contribution >= 0.6 is 11.6 Å². The van der Waals surface area contributed by atoms with Crippen LogP contribution in [0, 0.1) is 12.7 Å². The van der Waals surface area contributed by atoms with Gasteiger partial charge in [-0.15, -0.1) is 0 Å². The minimum absolute atomic E-state index is 0.0485. The molecule has 0 aromatic heterocycles. The molecule has 2 aromatic carbocycles. The molecule has 1 aliphatic carbocycles. The van der Waals surface area contributed by atoms with Crippen LogP contribution in [0.4, 0.5) is 8.78 Å². The lowest BCUT2D eigenvalue weighted by atomic mass is 10.1. The van der Waals surface area contributed by atoms with Gasteiger partial charge < -0.3 is 4.74 Å². The maximum Gasteiger partial charge on any atom is 0.250 e. The molecule has 0 radical (unpaired) electrons. The van der Waals surface area contributed by atoms with Gasteiger partial charge in [-0.25, -0.2) is 17.2 Å². The number of sulfone groups is 1. The van der Waals surface area contributed by atoms with Gasteiger partial charge in [-0.05, 0) is 36.8 Å². The number of halogens is 3. The Labute approximate surface area is 148 Å². The Kier molecular flexibility index (Phi) is 4.12. The van der Waals surface area contributed by atoms with Crippen molar-refractivity contribution in [3.05, 3.63) is 52.8 Å². The van der Waals surface area contributed by atoms with Crippen LogP contribution in [-0.4, -0.2) is 25.6 Å². The number of Topliss-reactive ketones (excluding diaryl/α,β-unsaturated/α-hetero) is 1. The number of hydrogen-bond donors (Lipinski definition) is 0. The molecule has 2 aromatic rings. The van der Waals surface area contributed by atoms with E-state index in [2.05, 4.69) is 0 Å². The third-order valence-electron chi connectivity index (χ3n) is 3.83. The van der Waals surface area contributed by atoms with Crippen LogP contribution in [0.25, 0.3) is 0 Å². The first-order valence-electron chi connectivity index (χ1n) is 7.22. The van der Waals surface area contributed by atoms with E-state index in [1.165, 1.54) is 12.1 Å². The second-order valence-electron chi connectivity index (χ2n) is 5.96. The van der Waals surface area contributed by atoms with Gasteiger partial charge in [0, 0.05) is 29.9 Å². The van der Waals surface area contributed by atoms with Gasteiger partial charge in [0.05, 0.1) is 4.90 Å². The van der Waals surface area contributed by atoms with Gasteiger partial charge in [-0.3, -0.25) is 4.79 Å². The first kappa shape index (κ1) is 17.8. The molecule has 3 rings (SSSR count). The molecule has 0 N–H and O–H groups in total. The monoisotopic (exact) mass is 386 g/mol. The van der Waals surface area contributed by atoms with Crippen LogP contribution in [-0.2, 0) is 16.3 Å². The van der Waals surface area contributed by atoms with E-state index >= 15 is 0 Å². The number of fused-ring (bicyclic) bond motifs is 1. The van der Waals surface area contributed by atoms with Crippen molar-refractivity contribution >= 4 is 27.2 Å². The second kappa shape index (κ2) is 5.78. The van der Waals surface area contributed by atoms with Crippen molar-refractivity contribution in [1.29, 1.82) is 0 Å². The number of hydrogen-bond acceptors (Lipinski definition) is 4. The molecule has 0 amide bonds. The Morgan fingerprint density at radius 2 is 1.92 bits per heavy atom. The molecule has 0 heterocycles. The lowest BCUT2D eigenvalue weighted by Crippen LogP contribution is -2.23. The molecule has 0 aliphatic heterocycles. The highest BCUT2D eigenvalue weighted by atomic mass is 35.5. The molecular formula is C17H13ClF2O4S. The number of alkyl halides is 2. The van der Waals surface area contributed by atoms with Crippen molar-refractivity contribution in [2.45, 2.75) is 23.4 Å². The summed E-state index contributed by atoms with van der Waals surface area (Å²) in [5.74, 6) is -1.44. The van der Waals surface area contributed by atoms with Crippen LogP contribution in [0.15, 0.2) is 35.2 Å². The maximum atomic E-state index is 14.3. The van der Waals surface area contributed by atoms with Crippen LogP contribution in [0.5, 0.6) is 11.5 Å². The first-order chi connectivity index (χ1) is 11.5. The van der Waals surface area contributed by atoms with Crippen molar-refractivity contribution in [2.75, 3.05) is 6.26 Å². The Morgan fingerprint density at radius 1 is 1.24 bits per heavy atom. The highest BCUT2D eigenvalue weighted by Crippen LogP contribution is 2.44. The molecule has 4 nitrogen and oxygen atoms in total. The van der Waals surface area contributed by atoms with Crippen molar-refractivity contribution in [3.63, 3.8) is 0 Å². The smallest absolute Gasteiger partial charge is 0.250 e. The minimum atomic E-state index is -3.78. The van der Waals surface area contributed by atoms with E-state index in [4.69, 9.17) is 16.3 Å². The van der Waals surface area contributed by atoms with Crippen LogP contribution in [0.3, 0.4) is 0 Å². The standard InChI is InChI=1S/C17H13ClF2O4S/c1-9-5-10(19)7-11(6-9)24-13-3-4-14(25(2,22)23)15-12(13)8-17(18,20)16(15)21/h3-7H,8H2,1-2H3. The fourth-order valence-corrected chi connectivity index (χ4v) is 3.94. The van der Waals surface area contributed by atoms with E-state index in [1.807, 2.05) is 0 Å². The Bertz CT molecular complexity index is 980. The molecule has 1 atom stereocenters. The molecule has 1 unspecified atom stereocenters. The molecule has 8 heteroatoms. The molecule has 0 saturated heterocycles. The number of ether oxygens (including phenoxy) is 1. The number of rotatable bonds is 3. The summed E-state index contributed by atoms with van der Waals surface area (Å²) in [6.07, 6.45) is 0.383. The number of benzene rings is 2. The van der Waals surface area contributed by atoms with E-state index < -0.39 is 33.0 Å². The largest absolute Gasteiger partial charge is 0.457 e. The second-order valence-corrected chi connectivity index (χ2v) is 8.55. The first-order valence-corrected chi connectivity index (χ1v) is 9.49. The SMILES string of the molecule is Cc1cc(F)cc(Oc2ccc(S(C)(=O)=O)c3c2CC(F)(Cl)C3=O)c1. The van der Waals surface area contributed by atoms with Gasteiger partial charge in [-0.1, -0.05) is 11.6 Å². The third-order valence-corrected chi connectivity index (χ3v) is 5.28. The fraction of sp³-hybridized carbons (Fsp3) is 0.235. The van der Waals surface area contributed by atoms with Crippen molar-refractivity contribution in [2.24, 2.45) is 0 Å². The normalized spacial score (nSPS) is 19.8. The van der Waals surface area contributed by atoms with Gasteiger partial charge in [0.15, 0.2) is 9.84 Å². The Balaban J connectivity index is 2.17. The predicted molar refractivity (Wildman–Crippen MR) is 88.5 cm³/mol. The van der Waals surface area contributed by atoms with Gasteiger partial charge in [0.1, 0.15) is 17.3 Å². The van der Waals surface area contributed by atoms with Crippen molar-refractivity contribution in [3.8, 4) is 11.5 Å². The summed E-state index contributed by atoms with van der Waals surface area (Å²) in [6, 6.07) is 6.45. The van der Waals surface area contributed by atoms with Gasteiger partial charge in [0.2, 0.25) is 10.9 Å². The molecule has 0 fully saturated rings. The molecular weight excluding hydrogens is 374 g/mol. The molecule has 1 aliphatic rings. The number of ketones is 1. The van der Waals surface area contributed by atoms with Gasteiger partial charge in [0.25, 0.3) is 0 Å². The van der Waals surface area contributed by atoms with Gasteiger partial charge >= 0.3 is 0 Å². The topological polar surface area (TPSA) is 60.4 Å². The molecule has 0 saturated carbocycles.